The molecule has 30 heavy (non-hydrogen) atoms. The van der Waals surface area contributed by atoms with E-state index in [0.29, 0.717) is 29.8 Å². The molecular formula is C23H25N3O3S. The van der Waals surface area contributed by atoms with E-state index in [-0.39, 0.29) is 18.6 Å². The van der Waals surface area contributed by atoms with Crippen molar-refractivity contribution in [1.82, 2.24) is 5.32 Å². The Morgan fingerprint density at radius 2 is 2.00 bits per heavy atom. The molecule has 0 aliphatic heterocycles. The van der Waals surface area contributed by atoms with Crippen LogP contribution in [0.2, 0.25) is 0 Å². The van der Waals surface area contributed by atoms with Gasteiger partial charge in [0.2, 0.25) is 0 Å². The molecule has 2 atom stereocenters. The molecule has 0 fully saturated rings. The van der Waals surface area contributed by atoms with Crippen LogP contribution in [0.3, 0.4) is 0 Å². The number of benzene rings is 2. The number of hydrogen-bond acceptors (Lipinski definition) is 6. The fourth-order valence-electron chi connectivity index (χ4n) is 3.43. The largest absolute Gasteiger partial charge is 0.394 e. The first kappa shape index (κ1) is 21.9. The lowest BCUT2D eigenvalue weighted by Crippen LogP contribution is -2.25. The van der Waals surface area contributed by atoms with Crippen LogP contribution in [0, 0.1) is 11.3 Å². The average Bonchev–Trinajstić information content (AvgIpc) is 3.19. The highest BCUT2D eigenvalue weighted by Gasteiger charge is 2.18. The lowest BCUT2D eigenvalue weighted by atomic mass is 9.95. The van der Waals surface area contributed by atoms with E-state index in [9.17, 15) is 15.2 Å². The number of amides is 1. The van der Waals surface area contributed by atoms with Crippen LogP contribution in [0.5, 0.6) is 0 Å². The minimum Gasteiger partial charge on any atom is -0.394 e. The number of carbonyl (C=O) groups is 1. The minimum absolute atomic E-state index is 0.117. The van der Waals surface area contributed by atoms with E-state index in [0.717, 1.165) is 26.8 Å². The summed E-state index contributed by atoms with van der Waals surface area (Å²) in [6, 6.07) is 15.6. The van der Waals surface area contributed by atoms with Gasteiger partial charge >= 0.3 is 0 Å². The quantitative estimate of drug-likeness (QED) is 0.414. The third-order valence-corrected chi connectivity index (χ3v) is 6.14. The number of rotatable bonds is 8. The summed E-state index contributed by atoms with van der Waals surface area (Å²) in [6.45, 7) is 2.04. The Labute approximate surface area is 179 Å². The van der Waals surface area contributed by atoms with Crippen molar-refractivity contribution in [2.45, 2.75) is 31.9 Å². The molecule has 0 bridgehead atoms. The minimum atomic E-state index is -0.770. The molecular weight excluding hydrogens is 398 g/mol. The van der Waals surface area contributed by atoms with Gasteiger partial charge in [0.05, 0.1) is 28.0 Å². The van der Waals surface area contributed by atoms with E-state index in [1.54, 1.807) is 6.07 Å². The van der Waals surface area contributed by atoms with Gasteiger partial charge < -0.3 is 21.3 Å². The molecule has 1 aromatic heterocycles. The van der Waals surface area contributed by atoms with Gasteiger partial charge in [-0.3, -0.25) is 4.79 Å². The van der Waals surface area contributed by atoms with Gasteiger partial charge in [-0.2, -0.15) is 5.26 Å². The van der Waals surface area contributed by atoms with Crippen LogP contribution in [-0.4, -0.2) is 35.4 Å². The Hall–Kier alpha value is -2.76. The second-order valence-corrected chi connectivity index (χ2v) is 8.29. The van der Waals surface area contributed by atoms with Gasteiger partial charge in [-0.05, 0) is 42.2 Å². The molecule has 0 aliphatic carbocycles. The van der Waals surface area contributed by atoms with E-state index in [1.165, 1.54) is 11.3 Å². The van der Waals surface area contributed by atoms with E-state index in [2.05, 4.69) is 11.4 Å². The van der Waals surface area contributed by atoms with E-state index < -0.39 is 6.10 Å². The average molecular weight is 424 g/mol. The normalized spacial score (nSPS) is 13.0. The van der Waals surface area contributed by atoms with Crippen LogP contribution >= 0.6 is 11.3 Å². The van der Waals surface area contributed by atoms with Gasteiger partial charge in [0.25, 0.3) is 5.91 Å². The molecule has 3 rings (SSSR count). The van der Waals surface area contributed by atoms with Crippen molar-refractivity contribution in [2.24, 2.45) is 5.73 Å². The molecule has 0 aliphatic rings. The predicted molar refractivity (Wildman–Crippen MR) is 119 cm³/mol. The second-order valence-electron chi connectivity index (χ2n) is 7.24. The monoisotopic (exact) mass is 423 g/mol. The summed E-state index contributed by atoms with van der Waals surface area (Å²) in [6.07, 6.45) is 0.196. The number of thiophene rings is 1. The van der Waals surface area contributed by atoms with Gasteiger partial charge in [0.15, 0.2) is 0 Å². The summed E-state index contributed by atoms with van der Waals surface area (Å²) in [5.74, 6) is -0.252. The SMILES string of the molecule is CC(N)c1cccc2c(-c3sc(C(=O)NCCCC(O)CO)cc3C#N)cccc12. The molecule has 0 spiro atoms. The van der Waals surface area contributed by atoms with Gasteiger partial charge in [-0.25, -0.2) is 0 Å². The van der Waals surface area contributed by atoms with Gasteiger partial charge in [-0.1, -0.05) is 36.4 Å². The summed E-state index contributed by atoms with van der Waals surface area (Å²) in [4.78, 5) is 13.8. The molecule has 6 nitrogen and oxygen atoms in total. The van der Waals surface area contributed by atoms with Crippen molar-refractivity contribution < 1.29 is 15.0 Å². The van der Waals surface area contributed by atoms with Crippen LogP contribution in [0.15, 0.2) is 42.5 Å². The third kappa shape index (κ3) is 4.69. The molecule has 7 heteroatoms. The molecule has 0 saturated heterocycles. The lowest BCUT2D eigenvalue weighted by molar-refractivity contribution is 0.0849. The number of nitrogens with zero attached hydrogens (tertiary/aromatic N) is 1. The topological polar surface area (TPSA) is 119 Å². The Balaban J connectivity index is 1.90. The fraction of sp³-hybridized carbons (Fsp3) is 0.304. The Bertz CT molecular complexity index is 1080. The first-order valence-electron chi connectivity index (χ1n) is 9.85. The van der Waals surface area contributed by atoms with Crippen molar-refractivity contribution in [3.63, 3.8) is 0 Å². The smallest absolute Gasteiger partial charge is 0.261 e. The maximum Gasteiger partial charge on any atom is 0.261 e. The zero-order valence-corrected chi connectivity index (χ0v) is 17.6. The van der Waals surface area contributed by atoms with Crippen LogP contribution in [-0.2, 0) is 0 Å². The van der Waals surface area contributed by atoms with Crippen LogP contribution in [0.1, 0.15) is 46.6 Å². The number of aliphatic hydroxyl groups is 2. The number of hydrogen-bond donors (Lipinski definition) is 4. The standard InChI is InChI=1S/C23H25N3O3S/c1-14(25)17-6-2-8-19-18(17)7-3-9-20(19)22-15(12-24)11-21(30-22)23(29)26-10-4-5-16(28)13-27/h2-3,6-9,11,14,16,27-28H,4-5,10,13,25H2,1H3,(H,26,29). The highest BCUT2D eigenvalue weighted by Crippen LogP contribution is 2.38. The molecule has 1 heterocycles. The zero-order chi connectivity index (χ0) is 21.7. The highest BCUT2D eigenvalue weighted by atomic mass is 32.1. The van der Waals surface area contributed by atoms with Crippen molar-refractivity contribution in [3.05, 3.63) is 58.5 Å². The predicted octanol–water partition coefficient (Wildman–Crippen LogP) is 3.32. The summed E-state index contributed by atoms with van der Waals surface area (Å²) < 4.78 is 0. The number of nitrogens with one attached hydrogen (secondary N) is 1. The first-order chi connectivity index (χ1) is 14.5. The third-order valence-electron chi connectivity index (χ3n) is 4.98. The maximum atomic E-state index is 12.5. The summed E-state index contributed by atoms with van der Waals surface area (Å²) in [5.41, 5.74) is 8.52. The Kier molecular flexibility index (Phi) is 7.19. The lowest BCUT2D eigenvalue weighted by Gasteiger charge is -2.12. The van der Waals surface area contributed by atoms with Gasteiger partial charge in [0.1, 0.15) is 6.07 Å². The van der Waals surface area contributed by atoms with E-state index in [4.69, 9.17) is 10.8 Å². The summed E-state index contributed by atoms with van der Waals surface area (Å²) >= 11 is 1.29. The number of aliphatic hydroxyl groups excluding tert-OH is 2. The summed E-state index contributed by atoms with van der Waals surface area (Å²) in [7, 11) is 0. The zero-order valence-electron chi connectivity index (χ0n) is 16.8. The van der Waals surface area contributed by atoms with E-state index in [1.807, 2.05) is 43.3 Å². The maximum absolute atomic E-state index is 12.5. The number of fused-ring (bicyclic) bond motifs is 1. The molecule has 0 radical (unpaired) electrons. The van der Waals surface area contributed by atoms with Crippen molar-refractivity contribution in [2.75, 3.05) is 13.2 Å². The highest BCUT2D eigenvalue weighted by molar-refractivity contribution is 7.17. The van der Waals surface area contributed by atoms with E-state index >= 15 is 0 Å². The molecule has 0 saturated carbocycles. The van der Waals surface area contributed by atoms with Crippen molar-refractivity contribution in [3.8, 4) is 16.5 Å². The molecule has 1 amide bonds. The molecule has 5 N–H and O–H groups in total. The van der Waals surface area contributed by atoms with Gasteiger partial charge in [-0.15, -0.1) is 11.3 Å². The van der Waals surface area contributed by atoms with Crippen molar-refractivity contribution >= 4 is 28.0 Å². The number of carbonyl (C=O) groups excluding carboxylic acids is 1. The summed E-state index contributed by atoms with van der Waals surface area (Å²) in [5, 5.41) is 32.7. The molecule has 3 aromatic rings. The number of nitriles is 1. The van der Waals surface area contributed by atoms with Crippen LogP contribution in [0.25, 0.3) is 21.2 Å². The van der Waals surface area contributed by atoms with Gasteiger partial charge in [0, 0.05) is 18.2 Å². The van der Waals surface area contributed by atoms with Crippen LogP contribution in [0.4, 0.5) is 0 Å². The molecule has 2 unspecified atom stereocenters. The van der Waals surface area contributed by atoms with Crippen LogP contribution < -0.4 is 11.1 Å². The number of nitrogens with two attached hydrogens (primary N) is 1. The fourth-order valence-corrected chi connectivity index (χ4v) is 4.50. The first-order valence-corrected chi connectivity index (χ1v) is 10.7. The second kappa shape index (κ2) is 9.83. The molecule has 156 valence electrons. The molecule has 2 aromatic carbocycles. The Morgan fingerprint density at radius 3 is 2.70 bits per heavy atom. The Morgan fingerprint density at radius 1 is 1.27 bits per heavy atom. The van der Waals surface area contributed by atoms with Crippen molar-refractivity contribution in [1.29, 1.82) is 5.26 Å².